The highest BCUT2D eigenvalue weighted by Gasteiger charge is 2.37. The largest absolute Gasteiger partial charge is 0.472 e. The van der Waals surface area contributed by atoms with Gasteiger partial charge in [-0.25, -0.2) is 4.98 Å². The van der Waals surface area contributed by atoms with Crippen molar-refractivity contribution in [1.82, 2.24) is 14.8 Å². The number of pyridine rings is 1. The molecule has 0 spiro atoms. The fourth-order valence-corrected chi connectivity index (χ4v) is 3.60. The van der Waals surface area contributed by atoms with E-state index in [4.69, 9.17) is 9.47 Å². The van der Waals surface area contributed by atoms with Crippen LogP contribution < -0.4 is 4.74 Å². The summed E-state index contributed by atoms with van der Waals surface area (Å²) in [5.74, 6) is 5.94. The van der Waals surface area contributed by atoms with Crippen molar-refractivity contribution >= 4 is 11.8 Å². The Morgan fingerprint density at radius 3 is 2.87 bits per heavy atom. The molecular weight excluding hydrogens is 398 g/mol. The van der Waals surface area contributed by atoms with E-state index in [0.717, 1.165) is 12.8 Å². The molecule has 1 aromatic heterocycles. The topological polar surface area (TPSA) is 92.2 Å². The van der Waals surface area contributed by atoms with Crippen molar-refractivity contribution in [2.75, 3.05) is 40.5 Å². The average Bonchev–Trinajstić information content (AvgIpc) is 3.61. The first-order chi connectivity index (χ1) is 14.8. The number of hydrogen-bond donors (Lipinski definition) is 1. The monoisotopic (exact) mass is 429 g/mol. The minimum Gasteiger partial charge on any atom is -0.472 e. The third-order valence-corrected chi connectivity index (χ3v) is 5.73. The first kappa shape index (κ1) is 23.0. The molecule has 1 aliphatic heterocycles. The molecule has 3 rings (SSSR count). The normalized spacial score (nSPS) is 21.7. The Kier molecular flexibility index (Phi) is 7.52. The first-order valence-electron chi connectivity index (χ1n) is 10.7. The zero-order valence-electron chi connectivity index (χ0n) is 18.6. The molecule has 1 aromatic rings. The van der Waals surface area contributed by atoms with E-state index in [1.165, 1.54) is 0 Å². The van der Waals surface area contributed by atoms with Gasteiger partial charge in [-0.05, 0) is 25.8 Å². The number of aliphatic hydroxyl groups excluding tert-OH is 1. The number of likely N-dealkylation sites (N-methyl/N-ethyl adjacent to an activating group) is 1. The Labute approximate surface area is 183 Å². The minimum atomic E-state index is -0.365. The summed E-state index contributed by atoms with van der Waals surface area (Å²) in [7, 11) is 3.35. The molecule has 2 aliphatic rings. The number of aromatic nitrogens is 1. The number of rotatable bonds is 6. The lowest BCUT2D eigenvalue weighted by atomic mass is 9.99. The molecule has 0 radical (unpaired) electrons. The second-order valence-corrected chi connectivity index (χ2v) is 8.43. The summed E-state index contributed by atoms with van der Waals surface area (Å²) in [6, 6.07) is 1.30. The number of fused-ring (bicyclic) bond motifs is 1. The Morgan fingerprint density at radius 1 is 1.48 bits per heavy atom. The number of carbonyl (C=O) groups excluding carboxylic acids is 2. The highest BCUT2D eigenvalue weighted by Crippen LogP contribution is 2.32. The smallest absolute Gasteiger partial charge is 0.259 e. The van der Waals surface area contributed by atoms with E-state index in [1.54, 1.807) is 43.1 Å². The number of methoxy groups -OCH3 is 1. The van der Waals surface area contributed by atoms with Crippen LogP contribution in [0.15, 0.2) is 12.3 Å². The van der Waals surface area contributed by atoms with Crippen LogP contribution in [-0.2, 0) is 9.53 Å². The van der Waals surface area contributed by atoms with Gasteiger partial charge in [0.15, 0.2) is 0 Å². The Bertz CT molecular complexity index is 874. The highest BCUT2D eigenvalue weighted by atomic mass is 16.5. The zero-order valence-corrected chi connectivity index (χ0v) is 18.6. The summed E-state index contributed by atoms with van der Waals surface area (Å²) >= 11 is 0. The third kappa shape index (κ3) is 5.54. The van der Waals surface area contributed by atoms with Gasteiger partial charge in [0.05, 0.1) is 19.2 Å². The predicted molar refractivity (Wildman–Crippen MR) is 115 cm³/mol. The summed E-state index contributed by atoms with van der Waals surface area (Å²) in [6.07, 6.45) is 3.11. The van der Waals surface area contributed by atoms with Gasteiger partial charge in [0.25, 0.3) is 5.91 Å². The molecule has 1 N–H and O–H groups in total. The summed E-state index contributed by atoms with van der Waals surface area (Å²) < 4.78 is 11.1. The van der Waals surface area contributed by atoms with Gasteiger partial charge in [-0.1, -0.05) is 18.8 Å². The van der Waals surface area contributed by atoms with Gasteiger partial charge in [-0.2, -0.15) is 0 Å². The average molecular weight is 430 g/mol. The van der Waals surface area contributed by atoms with Crippen LogP contribution in [0.5, 0.6) is 5.88 Å². The van der Waals surface area contributed by atoms with E-state index in [0.29, 0.717) is 24.2 Å². The maximum absolute atomic E-state index is 13.3. The number of amides is 2. The van der Waals surface area contributed by atoms with E-state index in [1.807, 2.05) is 6.92 Å². The molecule has 3 atom stereocenters. The maximum Gasteiger partial charge on any atom is 0.259 e. The van der Waals surface area contributed by atoms with Crippen molar-refractivity contribution < 1.29 is 24.2 Å². The first-order valence-corrected chi connectivity index (χ1v) is 10.7. The van der Waals surface area contributed by atoms with Gasteiger partial charge in [0.1, 0.15) is 18.3 Å². The number of hydrogen-bond acceptors (Lipinski definition) is 6. The summed E-state index contributed by atoms with van der Waals surface area (Å²) in [5, 5.41) is 9.72. The number of ether oxygens (including phenoxy) is 2. The van der Waals surface area contributed by atoms with Gasteiger partial charge in [0.2, 0.25) is 11.8 Å². The van der Waals surface area contributed by atoms with Crippen LogP contribution in [0.4, 0.5) is 0 Å². The summed E-state index contributed by atoms with van der Waals surface area (Å²) in [5.41, 5.74) is 0.883. The van der Waals surface area contributed by atoms with Crippen molar-refractivity contribution in [1.29, 1.82) is 0 Å². The maximum atomic E-state index is 13.3. The standard InChI is InChI=1S/C23H31N3O5/c1-15-12-26(16(2)14-27)23(29)19-10-17(6-5-9-30-4)11-24-21(19)31-20(15)13-25(3)22(28)18-7-8-18/h10-11,15-16,18,20,27H,7-9,12-14H2,1-4H3/t15-,16+,20+/m1/s1. The van der Waals surface area contributed by atoms with E-state index in [9.17, 15) is 14.7 Å². The molecule has 2 amide bonds. The van der Waals surface area contributed by atoms with Crippen LogP contribution in [0, 0.1) is 23.7 Å². The second kappa shape index (κ2) is 10.1. The van der Waals surface area contributed by atoms with Crippen LogP contribution in [0.1, 0.15) is 42.6 Å². The Balaban J connectivity index is 1.93. The zero-order chi connectivity index (χ0) is 22.5. The lowest BCUT2D eigenvalue weighted by molar-refractivity contribution is -0.132. The molecule has 0 aromatic carbocycles. The van der Waals surface area contributed by atoms with E-state index in [-0.39, 0.29) is 54.9 Å². The molecule has 2 heterocycles. The van der Waals surface area contributed by atoms with Crippen LogP contribution in [-0.4, -0.2) is 84.3 Å². The summed E-state index contributed by atoms with van der Waals surface area (Å²) in [6.45, 7) is 4.72. The highest BCUT2D eigenvalue weighted by molar-refractivity contribution is 5.97. The molecule has 1 fully saturated rings. The Hall–Kier alpha value is -2.63. The van der Waals surface area contributed by atoms with Gasteiger partial charge >= 0.3 is 0 Å². The van der Waals surface area contributed by atoms with Crippen molar-refractivity contribution in [3.05, 3.63) is 23.4 Å². The van der Waals surface area contributed by atoms with Gasteiger partial charge in [-0.3, -0.25) is 9.59 Å². The van der Waals surface area contributed by atoms with E-state index < -0.39 is 0 Å². The van der Waals surface area contributed by atoms with Crippen molar-refractivity contribution in [3.63, 3.8) is 0 Å². The molecule has 168 valence electrons. The van der Waals surface area contributed by atoms with Crippen LogP contribution in [0.2, 0.25) is 0 Å². The van der Waals surface area contributed by atoms with Crippen LogP contribution >= 0.6 is 0 Å². The van der Waals surface area contributed by atoms with Gasteiger partial charge in [-0.15, -0.1) is 0 Å². The molecule has 0 bridgehead atoms. The molecule has 8 heteroatoms. The second-order valence-electron chi connectivity index (χ2n) is 8.43. The van der Waals surface area contributed by atoms with E-state index >= 15 is 0 Å². The lowest BCUT2D eigenvalue weighted by Crippen LogP contribution is -2.50. The van der Waals surface area contributed by atoms with Crippen LogP contribution in [0.3, 0.4) is 0 Å². The van der Waals surface area contributed by atoms with Crippen molar-refractivity contribution in [2.24, 2.45) is 11.8 Å². The molecule has 1 saturated carbocycles. The van der Waals surface area contributed by atoms with Gasteiger partial charge < -0.3 is 24.4 Å². The minimum absolute atomic E-state index is 0.0662. The number of carbonyl (C=O) groups is 2. The molecule has 31 heavy (non-hydrogen) atoms. The molecule has 0 saturated heterocycles. The lowest BCUT2D eigenvalue weighted by Gasteiger charge is -2.37. The fourth-order valence-electron chi connectivity index (χ4n) is 3.60. The number of nitrogens with zero attached hydrogens (tertiary/aromatic N) is 3. The SMILES string of the molecule is COCC#Cc1cnc2c(c1)C(=O)N([C@@H](C)CO)C[C@@H](C)[C@H](CN(C)C(=O)C1CC1)O2. The summed E-state index contributed by atoms with van der Waals surface area (Å²) in [4.78, 5) is 33.5. The van der Waals surface area contributed by atoms with E-state index in [2.05, 4.69) is 16.8 Å². The number of aliphatic hydroxyl groups is 1. The molecule has 1 aliphatic carbocycles. The molecular formula is C23H31N3O5. The predicted octanol–water partition coefficient (Wildman–Crippen LogP) is 1.17. The molecule has 0 unspecified atom stereocenters. The van der Waals surface area contributed by atoms with Gasteiger partial charge in [0, 0.05) is 44.3 Å². The van der Waals surface area contributed by atoms with Crippen molar-refractivity contribution in [3.8, 4) is 17.7 Å². The fraction of sp³-hybridized carbons (Fsp3) is 0.609. The Morgan fingerprint density at radius 2 is 2.23 bits per heavy atom. The molecule has 8 nitrogen and oxygen atoms in total. The quantitative estimate of drug-likeness (QED) is 0.683. The van der Waals surface area contributed by atoms with Crippen LogP contribution in [0.25, 0.3) is 0 Å². The van der Waals surface area contributed by atoms with Crippen molar-refractivity contribution in [2.45, 2.75) is 38.8 Å². The third-order valence-electron chi connectivity index (χ3n) is 5.73.